The Hall–Kier alpha value is -3.29. The molecule has 2 aromatic heterocycles. The van der Waals surface area contributed by atoms with Crippen LogP contribution in [0.4, 0.5) is 17.2 Å². The number of hydrogen-bond donors (Lipinski definition) is 0. The van der Waals surface area contributed by atoms with Crippen LogP contribution in [0.2, 0.25) is 0 Å². The number of rotatable bonds is 3. The van der Waals surface area contributed by atoms with E-state index in [1.165, 1.54) is 22.6 Å². The van der Waals surface area contributed by atoms with Gasteiger partial charge < -0.3 is 4.90 Å². The summed E-state index contributed by atoms with van der Waals surface area (Å²) < 4.78 is 1.34. The molecule has 0 fully saturated rings. The molecule has 0 saturated carbocycles. The number of aromatic nitrogens is 4. The van der Waals surface area contributed by atoms with Crippen LogP contribution in [-0.2, 0) is 6.42 Å². The fourth-order valence-corrected chi connectivity index (χ4v) is 3.07. The molecule has 1 aromatic carbocycles. The first-order valence-electron chi connectivity index (χ1n) is 8.02. The van der Waals surface area contributed by atoms with E-state index < -0.39 is 4.92 Å². The minimum atomic E-state index is -0.485. The first kappa shape index (κ1) is 15.3. The quantitative estimate of drug-likeness (QED) is 0.539. The summed E-state index contributed by atoms with van der Waals surface area (Å²) in [5.41, 5.74) is 3.13. The largest absolute Gasteiger partial charge is 0.326 e. The molecule has 8 nitrogen and oxygen atoms in total. The number of benzene rings is 1. The van der Waals surface area contributed by atoms with E-state index >= 15 is 0 Å². The molecule has 1 aliphatic heterocycles. The van der Waals surface area contributed by atoms with Crippen LogP contribution in [0, 0.1) is 17.0 Å². The van der Waals surface area contributed by atoms with E-state index in [0.717, 1.165) is 36.6 Å². The lowest BCUT2D eigenvalue weighted by Gasteiger charge is -2.30. The highest BCUT2D eigenvalue weighted by Crippen LogP contribution is 2.32. The van der Waals surface area contributed by atoms with Gasteiger partial charge in [0, 0.05) is 24.0 Å². The first-order valence-corrected chi connectivity index (χ1v) is 8.02. The van der Waals surface area contributed by atoms with Gasteiger partial charge in [-0.2, -0.15) is 14.8 Å². The van der Waals surface area contributed by atoms with Gasteiger partial charge >= 0.3 is 5.69 Å². The summed E-state index contributed by atoms with van der Waals surface area (Å²) in [7, 11) is 0. The van der Waals surface area contributed by atoms with Crippen LogP contribution in [0.15, 0.2) is 42.7 Å². The molecule has 8 heteroatoms. The number of anilines is 2. The van der Waals surface area contributed by atoms with Crippen LogP contribution < -0.4 is 4.90 Å². The SMILES string of the molecule is Cc1cc(N2CCCc3ccccc32)nc(-n2cc([N+](=O)[O-])cn2)n1. The molecule has 0 bridgehead atoms. The maximum Gasteiger partial charge on any atom is 0.307 e. The van der Waals surface area contributed by atoms with E-state index in [-0.39, 0.29) is 5.69 Å². The van der Waals surface area contributed by atoms with E-state index in [9.17, 15) is 10.1 Å². The van der Waals surface area contributed by atoms with Crippen molar-refractivity contribution < 1.29 is 4.92 Å². The van der Waals surface area contributed by atoms with E-state index in [0.29, 0.717) is 5.95 Å². The third kappa shape index (κ3) is 2.82. The van der Waals surface area contributed by atoms with Crippen molar-refractivity contribution in [3.63, 3.8) is 0 Å². The van der Waals surface area contributed by atoms with Crippen molar-refractivity contribution in [2.24, 2.45) is 0 Å². The number of nitro groups is 1. The molecular weight excluding hydrogens is 320 g/mol. The molecule has 4 rings (SSSR count). The summed E-state index contributed by atoms with van der Waals surface area (Å²) in [6.45, 7) is 2.74. The van der Waals surface area contributed by atoms with Gasteiger partial charge in [-0.1, -0.05) is 18.2 Å². The van der Waals surface area contributed by atoms with Crippen LogP contribution >= 0.6 is 0 Å². The number of aryl methyl sites for hydroxylation is 2. The van der Waals surface area contributed by atoms with Gasteiger partial charge in [-0.3, -0.25) is 10.1 Å². The molecule has 1 aliphatic rings. The van der Waals surface area contributed by atoms with Crippen molar-refractivity contribution in [3.8, 4) is 5.95 Å². The Morgan fingerprint density at radius 3 is 2.88 bits per heavy atom. The summed E-state index contributed by atoms with van der Waals surface area (Å²) in [4.78, 5) is 21.5. The Labute approximate surface area is 143 Å². The van der Waals surface area contributed by atoms with Crippen molar-refractivity contribution in [1.82, 2.24) is 19.7 Å². The van der Waals surface area contributed by atoms with Crippen molar-refractivity contribution in [1.29, 1.82) is 0 Å². The average molecular weight is 336 g/mol. The van der Waals surface area contributed by atoms with Crippen LogP contribution in [0.3, 0.4) is 0 Å². The maximum absolute atomic E-state index is 10.9. The molecule has 0 unspecified atom stereocenters. The van der Waals surface area contributed by atoms with Crippen LogP contribution in [0.1, 0.15) is 17.7 Å². The molecule has 126 valence electrons. The van der Waals surface area contributed by atoms with Gasteiger partial charge in [0.15, 0.2) is 0 Å². The second-order valence-corrected chi connectivity index (χ2v) is 5.95. The van der Waals surface area contributed by atoms with E-state index in [2.05, 4.69) is 32.1 Å². The molecule has 0 saturated heterocycles. The van der Waals surface area contributed by atoms with Crippen LogP contribution in [0.25, 0.3) is 5.95 Å². The Morgan fingerprint density at radius 1 is 1.24 bits per heavy atom. The fourth-order valence-electron chi connectivity index (χ4n) is 3.07. The second-order valence-electron chi connectivity index (χ2n) is 5.95. The highest BCUT2D eigenvalue weighted by atomic mass is 16.6. The van der Waals surface area contributed by atoms with Crippen molar-refractivity contribution in [2.75, 3.05) is 11.4 Å². The van der Waals surface area contributed by atoms with Gasteiger partial charge in [-0.25, -0.2) is 4.98 Å². The Morgan fingerprint density at radius 2 is 2.08 bits per heavy atom. The summed E-state index contributed by atoms with van der Waals surface area (Å²) in [5.74, 6) is 1.10. The minimum Gasteiger partial charge on any atom is -0.326 e. The molecule has 0 aliphatic carbocycles. The molecule has 0 radical (unpaired) electrons. The maximum atomic E-state index is 10.9. The summed E-state index contributed by atoms with van der Waals surface area (Å²) in [6.07, 6.45) is 4.61. The Bertz CT molecular complexity index is 952. The van der Waals surface area contributed by atoms with Crippen molar-refractivity contribution in [3.05, 3.63) is 64.1 Å². The smallest absolute Gasteiger partial charge is 0.307 e. The van der Waals surface area contributed by atoms with E-state index in [1.54, 1.807) is 0 Å². The minimum absolute atomic E-state index is 0.0880. The lowest BCUT2D eigenvalue weighted by molar-refractivity contribution is -0.384. The topological polar surface area (TPSA) is 90.0 Å². The number of para-hydroxylation sites is 1. The standard InChI is InChI=1S/C17H16N6O2/c1-12-9-16(21-8-4-6-13-5-2-3-7-15(13)21)20-17(19-12)22-11-14(10-18-22)23(24)25/h2-3,5,7,9-11H,4,6,8H2,1H3. The number of fused-ring (bicyclic) bond motifs is 1. The Kier molecular flexibility index (Phi) is 3.64. The zero-order chi connectivity index (χ0) is 17.4. The second kappa shape index (κ2) is 5.97. The van der Waals surface area contributed by atoms with Gasteiger partial charge in [-0.15, -0.1) is 0 Å². The predicted octanol–water partition coefficient (Wildman–Crippen LogP) is 2.96. The molecule has 3 aromatic rings. The predicted molar refractivity (Wildman–Crippen MR) is 92.3 cm³/mol. The van der Waals surface area contributed by atoms with Gasteiger partial charge in [0.25, 0.3) is 5.95 Å². The normalized spacial score (nSPS) is 13.6. The summed E-state index contributed by atoms with van der Waals surface area (Å²) >= 11 is 0. The fraction of sp³-hybridized carbons (Fsp3) is 0.235. The molecule has 0 atom stereocenters. The molecule has 0 spiro atoms. The molecular formula is C17H16N6O2. The zero-order valence-corrected chi connectivity index (χ0v) is 13.7. The highest BCUT2D eigenvalue weighted by molar-refractivity contribution is 5.65. The monoisotopic (exact) mass is 336 g/mol. The average Bonchev–Trinajstić information content (AvgIpc) is 3.11. The van der Waals surface area contributed by atoms with Crippen LogP contribution in [0.5, 0.6) is 0 Å². The highest BCUT2D eigenvalue weighted by Gasteiger charge is 2.20. The first-order chi connectivity index (χ1) is 12.1. The summed E-state index contributed by atoms with van der Waals surface area (Å²) in [5, 5.41) is 14.9. The van der Waals surface area contributed by atoms with Gasteiger partial charge in [0.1, 0.15) is 18.2 Å². The third-order valence-corrected chi connectivity index (χ3v) is 4.20. The van der Waals surface area contributed by atoms with Gasteiger partial charge in [0.2, 0.25) is 0 Å². The van der Waals surface area contributed by atoms with Crippen molar-refractivity contribution >= 4 is 17.2 Å². The number of hydrogen-bond acceptors (Lipinski definition) is 6. The summed E-state index contributed by atoms with van der Waals surface area (Å²) in [6, 6.07) is 10.2. The van der Waals surface area contributed by atoms with Crippen LogP contribution in [-0.4, -0.2) is 31.2 Å². The third-order valence-electron chi connectivity index (χ3n) is 4.20. The lowest BCUT2D eigenvalue weighted by atomic mass is 10.0. The molecule has 3 heterocycles. The van der Waals surface area contributed by atoms with Gasteiger partial charge in [-0.05, 0) is 31.4 Å². The lowest BCUT2D eigenvalue weighted by Crippen LogP contribution is -2.26. The van der Waals surface area contributed by atoms with Gasteiger partial charge in [0.05, 0.1) is 4.92 Å². The number of nitrogens with zero attached hydrogens (tertiary/aromatic N) is 6. The molecule has 0 amide bonds. The molecule has 25 heavy (non-hydrogen) atoms. The Balaban J connectivity index is 1.77. The van der Waals surface area contributed by atoms with E-state index in [4.69, 9.17) is 0 Å². The van der Waals surface area contributed by atoms with Crippen molar-refractivity contribution in [2.45, 2.75) is 19.8 Å². The molecule has 0 N–H and O–H groups in total. The zero-order valence-electron chi connectivity index (χ0n) is 13.7. The van der Waals surface area contributed by atoms with E-state index in [1.807, 2.05) is 25.1 Å².